The molecule has 0 aliphatic carbocycles. The summed E-state index contributed by atoms with van der Waals surface area (Å²) < 4.78 is 0. The molecule has 0 aromatic heterocycles. The van der Waals surface area contributed by atoms with E-state index < -0.39 is 11.0 Å². The van der Waals surface area contributed by atoms with E-state index in [1.807, 2.05) is 0 Å². The highest BCUT2D eigenvalue weighted by Gasteiger charge is 2.22. The second-order valence-electron chi connectivity index (χ2n) is 1.40. The summed E-state index contributed by atoms with van der Waals surface area (Å²) in [6.45, 7) is 0.0764. The molecule has 5 nitrogen and oxygen atoms in total. The summed E-state index contributed by atoms with van der Waals surface area (Å²) in [6.07, 6.45) is 1.18. The highest BCUT2D eigenvalue weighted by Crippen LogP contribution is 1.95. The van der Waals surface area contributed by atoms with Crippen LogP contribution in [-0.4, -0.2) is 23.8 Å². The van der Waals surface area contributed by atoms with Crippen molar-refractivity contribution in [2.24, 2.45) is 5.16 Å². The maximum Gasteiger partial charge on any atom is 0.287 e. The third-order valence-electron chi connectivity index (χ3n) is 0.824. The Morgan fingerprint density at radius 2 is 2.75 bits per heavy atom. The van der Waals surface area contributed by atoms with Crippen molar-refractivity contribution in [3.63, 3.8) is 0 Å². The lowest BCUT2D eigenvalue weighted by Gasteiger charge is -1.90. The van der Waals surface area contributed by atoms with E-state index in [9.17, 15) is 10.1 Å². The van der Waals surface area contributed by atoms with E-state index >= 15 is 0 Å². The number of hydrogen-bond acceptors (Lipinski definition) is 4. The molecule has 0 saturated carbocycles. The molecule has 0 bridgehead atoms. The average molecular weight is 116 g/mol. The van der Waals surface area contributed by atoms with Crippen molar-refractivity contribution in [3.8, 4) is 0 Å². The number of rotatable bonds is 1. The molecule has 1 rings (SSSR count). The van der Waals surface area contributed by atoms with Crippen LogP contribution in [0.15, 0.2) is 5.16 Å². The van der Waals surface area contributed by atoms with Gasteiger partial charge in [-0.05, 0) is 0 Å². The van der Waals surface area contributed by atoms with Gasteiger partial charge in [0.15, 0.2) is 6.61 Å². The summed E-state index contributed by atoms with van der Waals surface area (Å²) in [5.41, 5.74) is 0. The molecule has 1 heterocycles. The summed E-state index contributed by atoms with van der Waals surface area (Å²) in [7, 11) is 0. The topological polar surface area (TPSA) is 64.7 Å². The third-order valence-corrected chi connectivity index (χ3v) is 0.824. The van der Waals surface area contributed by atoms with E-state index in [2.05, 4.69) is 9.99 Å². The predicted molar refractivity (Wildman–Crippen MR) is 25.2 cm³/mol. The van der Waals surface area contributed by atoms with E-state index in [1.165, 1.54) is 6.21 Å². The zero-order valence-electron chi connectivity index (χ0n) is 3.98. The summed E-state index contributed by atoms with van der Waals surface area (Å²) in [4.78, 5) is 13.7. The van der Waals surface area contributed by atoms with Crippen molar-refractivity contribution in [2.45, 2.75) is 6.04 Å². The lowest BCUT2D eigenvalue weighted by Crippen LogP contribution is -2.21. The molecule has 0 saturated heterocycles. The number of nitro groups is 1. The van der Waals surface area contributed by atoms with Gasteiger partial charge in [0, 0.05) is 4.92 Å². The maximum absolute atomic E-state index is 9.84. The van der Waals surface area contributed by atoms with Gasteiger partial charge >= 0.3 is 0 Å². The average Bonchev–Trinajstić information content (AvgIpc) is 2.12. The SMILES string of the molecule is O=[N+]([O-])C1C=NOC1. The molecule has 5 heteroatoms. The highest BCUT2D eigenvalue weighted by atomic mass is 16.7. The Bertz CT molecular complexity index is 132. The van der Waals surface area contributed by atoms with Crippen LogP contribution in [0.25, 0.3) is 0 Å². The molecular weight excluding hydrogens is 112 g/mol. The van der Waals surface area contributed by atoms with Gasteiger partial charge < -0.3 is 4.84 Å². The smallest absolute Gasteiger partial charge is 0.287 e. The van der Waals surface area contributed by atoms with Gasteiger partial charge in [-0.25, -0.2) is 0 Å². The van der Waals surface area contributed by atoms with Crippen LogP contribution >= 0.6 is 0 Å². The van der Waals surface area contributed by atoms with Crippen molar-refractivity contribution >= 4 is 6.21 Å². The van der Waals surface area contributed by atoms with Gasteiger partial charge in [-0.2, -0.15) is 0 Å². The number of nitrogens with zero attached hydrogens (tertiary/aromatic N) is 2. The fourth-order valence-electron chi connectivity index (χ4n) is 0.391. The zero-order valence-corrected chi connectivity index (χ0v) is 3.98. The number of oxime groups is 1. The van der Waals surface area contributed by atoms with Gasteiger partial charge in [0.1, 0.15) is 6.21 Å². The fourth-order valence-corrected chi connectivity index (χ4v) is 0.391. The Kier molecular flexibility index (Phi) is 1.11. The Morgan fingerprint density at radius 3 is 3.00 bits per heavy atom. The third kappa shape index (κ3) is 0.749. The molecule has 0 amide bonds. The quantitative estimate of drug-likeness (QED) is 0.347. The maximum atomic E-state index is 9.84. The van der Waals surface area contributed by atoms with Crippen molar-refractivity contribution in [3.05, 3.63) is 10.1 Å². The van der Waals surface area contributed by atoms with Crippen molar-refractivity contribution in [1.82, 2.24) is 0 Å². The van der Waals surface area contributed by atoms with E-state index in [1.54, 1.807) is 0 Å². The van der Waals surface area contributed by atoms with Crippen molar-refractivity contribution in [1.29, 1.82) is 0 Å². The number of hydrogen-bond donors (Lipinski definition) is 0. The van der Waals surface area contributed by atoms with Crippen LogP contribution in [0.2, 0.25) is 0 Å². The highest BCUT2D eigenvalue weighted by molar-refractivity contribution is 5.63. The van der Waals surface area contributed by atoms with E-state index in [0.717, 1.165) is 0 Å². The molecule has 0 spiro atoms. The molecule has 0 aromatic carbocycles. The van der Waals surface area contributed by atoms with Gasteiger partial charge in [-0.3, -0.25) is 10.1 Å². The first-order valence-electron chi connectivity index (χ1n) is 2.09. The van der Waals surface area contributed by atoms with Gasteiger partial charge in [-0.15, -0.1) is 0 Å². The van der Waals surface area contributed by atoms with Gasteiger partial charge in [-0.1, -0.05) is 5.16 Å². The van der Waals surface area contributed by atoms with Crippen LogP contribution in [0, 0.1) is 10.1 Å². The summed E-state index contributed by atoms with van der Waals surface area (Å²) >= 11 is 0. The molecular formula is C3H4N2O3. The lowest BCUT2D eigenvalue weighted by atomic mass is 10.4. The molecule has 0 fully saturated rings. The minimum atomic E-state index is -0.727. The summed E-state index contributed by atoms with van der Waals surface area (Å²) in [6, 6.07) is -0.727. The van der Waals surface area contributed by atoms with E-state index in [0.29, 0.717) is 0 Å². The molecule has 0 aromatic rings. The largest absolute Gasteiger partial charge is 0.388 e. The van der Waals surface area contributed by atoms with Crippen LogP contribution in [0.4, 0.5) is 0 Å². The predicted octanol–water partition coefficient (Wildman–Crippen LogP) is -0.352. The van der Waals surface area contributed by atoms with Crippen LogP contribution in [0.5, 0.6) is 0 Å². The second-order valence-corrected chi connectivity index (χ2v) is 1.40. The first-order chi connectivity index (χ1) is 3.80. The Hall–Kier alpha value is -1.13. The molecule has 1 aliphatic rings. The molecule has 8 heavy (non-hydrogen) atoms. The molecule has 44 valence electrons. The summed E-state index contributed by atoms with van der Waals surface area (Å²) in [5.74, 6) is 0. The van der Waals surface area contributed by atoms with Crippen LogP contribution in [0.1, 0.15) is 0 Å². The fraction of sp³-hybridized carbons (Fsp3) is 0.667. The minimum Gasteiger partial charge on any atom is -0.388 e. The molecule has 1 unspecified atom stereocenters. The van der Waals surface area contributed by atoms with Gasteiger partial charge in [0.25, 0.3) is 6.04 Å². The standard InChI is InChI=1S/C3H4N2O3/c6-5(7)3-1-4-8-2-3/h1,3H,2H2. The molecule has 0 N–H and O–H groups in total. The van der Waals surface area contributed by atoms with Gasteiger partial charge in [0.2, 0.25) is 0 Å². The van der Waals surface area contributed by atoms with Crippen LogP contribution < -0.4 is 0 Å². The first kappa shape index (κ1) is 5.02. The van der Waals surface area contributed by atoms with E-state index in [-0.39, 0.29) is 6.61 Å². The molecule has 0 radical (unpaired) electrons. The normalized spacial score (nSPS) is 25.2. The van der Waals surface area contributed by atoms with Crippen LogP contribution in [0.3, 0.4) is 0 Å². The van der Waals surface area contributed by atoms with E-state index in [4.69, 9.17) is 0 Å². The zero-order chi connectivity index (χ0) is 5.98. The van der Waals surface area contributed by atoms with Gasteiger partial charge in [0.05, 0.1) is 0 Å². The molecule has 1 aliphatic heterocycles. The van der Waals surface area contributed by atoms with Crippen molar-refractivity contribution < 1.29 is 9.76 Å². The summed E-state index contributed by atoms with van der Waals surface area (Å²) in [5, 5.41) is 13.1. The Morgan fingerprint density at radius 1 is 2.00 bits per heavy atom. The lowest BCUT2D eigenvalue weighted by molar-refractivity contribution is -0.502. The molecule has 1 atom stereocenters. The minimum absolute atomic E-state index is 0.0764. The first-order valence-corrected chi connectivity index (χ1v) is 2.09. The monoisotopic (exact) mass is 116 g/mol. The Balaban J connectivity index is 2.48. The van der Waals surface area contributed by atoms with Crippen molar-refractivity contribution in [2.75, 3.05) is 6.61 Å². The van der Waals surface area contributed by atoms with Crippen LogP contribution in [-0.2, 0) is 4.84 Å². The Labute approximate surface area is 45.1 Å². The second kappa shape index (κ2) is 1.77.